The molecular formula is C17H30. The lowest BCUT2D eigenvalue weighted by Gasteiger charge is -2.29. The van der Waals surface area contributed by atoms with E-state index in [2.05, 4.69) is 73.3 Å². The maximum absolute atomic E-state index is 4.26. The molecule has 0 fully saturated rings. The molecule has 0 aromatic carbocycles. The molecule has 0 radical (unpaired) electrons. The highest BCUT2D eigenvalue weighted by molar-refractivity contribution is 5.35. The van der Waals surface area contributed by atoms with E-state index in [1.54, 1.807) is 0 Å². The minimum absolute atomic E-state index is 0.191. The van der Waals surface area contributed by atoms with Crippen LogP contribution in [0.1, 0.15) is 61.3 Å². The van der Waals surface area contributed by atoms with Gasteiger partial charge in [0.05, 0.1) is 0 Å². The van der Waals surface area contributed by atoms with Crippen LogP contribution in [0.2, 0.25) is 0 Å². The predicted octanol–water partition coefficient (Wildman–Crippen LogP) is 5.92. The second kappa shape index (κ2) is 6.23. The lowest BCUT2D eigenvalue weighted by molar-refractivity contribution is 0.425. The lowest BCUT2D eigenvalue weighted by Crippen LogP contribution is -2.16. The van der Waals surface area contributed by atoms with Crippen molar-refractivity contribution in [1.29, 1.82) is 0 Å². The van der Waals surface area contributed by atoms with Crippen molar-refractivity contribution in [3.05, 3.63) is 36.0 Å². The first-order valence-electron chi connectivity index (χ1n) is 6.75. The average molecular weight is 234 g/mol. The molecular weight excluding hydrogens is 204 g/mol. The van der Waals surface area contributed by atoms with Crippen LogP contribution >= 0.6 is 0 Å². The van der Waals surface area contributed by atoms with E-state index in [-0.39, 0.29) is 10.8 Å². The van der Waals surface area contributed by atoms with Crippen LogP contribution in [0.25, 0.3) is 0 Å². The second-order valence-electron chi connectivity index (χ2n) is 6.10. The monoisotopic (exact) mass is 234 g/mol. The smallest absolute Gasteiger partial charge is 0.0106 e. The Morgan fingerprint density at radius 3 is 1.82 bits per heavy atom. The number of rotatable bonds is 6. The first kappa shape index (κ1) is 16.2. The molecule has 0 N–H and O–H groups in total. The first-order chi connectivity index (χ1) is 7.71. The molecule has 0 heterocycles. The summed E-state index contributed by atoms with van der Waals surface area (Å²) < 4.78 is 0. The third kappa shape index (κ3) is 4.53. The van der Waals surface area contributed by atoms with Crippen LogP contribution in [0.4, 0.5) is 0 Å². The fourth-order valence-electron chi connectivity index (χ4n) is 1.46. The minimum atomic E-state index is 0.191. The lowest BCUT2D eigenvalue weighted by atomic mass is 9.76. The summed E-state index contributed by atoms with van der Waals surface area (Å²) in [7, 11) is 0. The first-order valence-corrected chi connectivity index (χ1v) is 6.75. The van der Waals surface area contributed by atoms with E-state index in [4.69, 9.17) is 0 Å². The molecule has 0 amide bonds. The zero-order valence-electron chi connectivity index (χ0n) is 12.9. The molecule has 0 aliphatic heterocycles. The van der Waals surface area contributed by atoms with Crippen molar-refractivity contribution in [3.8, 4) is 0 Å². The molecule has 0 saturated heterocycles. The van der Waals surface area contributed by atoms with Crippen molar-refractivity contribution in [2.45, 2.75) is 61.3 Å². The topological polar surface area (TPSA) is 0 Å². The standard InChI is InChI=1S/C17H30/c1-9-12-15(17(7,8)11-3)13-14(4)16(5,6)10-2/h9,12-13H,4,10-11H2,1-3,5-8H3/b12-9-,15-13+. The maximum Gasteiger partial charge on any atom is -0.0106 e. The summed E-state index contributed by atoms with van der Waals surface area (Å²) >= 11 is 0. The zero-order valence-corrected chi connectivity index (χ0v) is 12.9. The number of allylic oxidation sites excluding steroid dienone is 5. The van der Waals surface area contributed by atoms with Gasteiger partial charge in [-0.25, -0.2) is 0 Å². The largest absolute Gasteiger partial charge is 0.0953 e. The molecule has 0 unspecified atom stereocenters. The van der Waals surface area contributed by atoms with Crippen molar-refractivity contribution in [2.24, 2.45) is 10.8 Å². The third-order valence-electron chi connectivity index (χ3n) is 4.09. The van der Waals surface area contributed by atoms with Gasteiger partial charge < -0.3 is 0 Å². The van der Waals surface area contributed by atoms with Crippen molar-refractivity contribution in [3.63, 3.8) is 0 Å². The third-order valence-corrected chi connectivity index (χ3v) is 4.09. The van der Waals surface area contributed by atoms with Gasteiger partial charge in [-0.3, -0.25) is 0 Å². The Balaban J connectivity index is 5.29. The Morgan fingerprint density at radius 2 is 1.47 bits per heavy atom. The Hall–Kier alpha value is -0.780. The van der Waals surface area contributed by atoms with Crippen LogP contribution in [0.5, 0.6) is 0 Å². The molecule has 0 aliphatic rings. The van der Waals surface area contributed by atoms with Crippen molar-refractivity contribution in [1.82, 2.24) is 0 Å². The fourth-order valence-corrected chi connectivity index (χ4v) is 1.46. The SMILES string of the molecule is C=C(/C=C(\C=C/C)C(C)(C)CC)C(C)(C)CC. The summed E-state index contributed by atoms with van der Waals surface area (Å²) in [4.78, 5) is 0. The van der Waals surface area contributed by atoms with Gasteiger partial charge in [0, 0.05) is 0 Å². The van der Waals surface area contributed by atoms with E-state index in [0.717, 1.165) is 12.8 Å². The van der Waals surface area contributed by atoms with Gasteiger partial charge in [-0.2, -0.15) is 0 Å². The predicted molar refractivity (Wildman–Crippen MR) is 80.2 cm³/mol. The van der Waals surface area contributed by atoms with Crippen LogP contribution in [-0.4, -0.2) is 0 Å². The summed E-state index contributed by atoms with van der Waals surface area (Å²) in [6, 6.07) is 0. The van der Waals surface area contributed by atoms with E-state index in [0.29, 0.717) is 0 Å². The van der Waals surface area contributed by atoms with Crippen molar-refractivity contribution in [2.75, 3.05) is 0 Å². The summed E-state index contributed by atoms with van der Waals surface area (Å²) in [5.74, 6) is 0. The summed E-state index contributed by atoms with van der Waals surface area (Å²) in [5, 5.41) is 0. The van der Waals surface area contributed by atoms with Gasteiger partial charge in [0.1, 0.15) is 0 Å². The quantitative estimate of drug-likeness (QED) is 0.501. The van der Waals surface area contributed by atoms with E-state index < -0.39 is 0 Å². The van der Waals surface area contributed by atoms with Crippen LogP contribution in [0, 0.1) is 10.8 Å². The molecule has 98 valence electrons. The highest BCUT2D eigenvalue weighted by Crippen LogP contribution is 2.36. The highest BCUT2D eigenvalue weighted by atomic mass is 14.3. The van der Waals surface area contributed by atoms with Crippen LogP contribution in [0.3, 0.4) is 0 Å². The minimum Gasteiger partial charge on any atom is -0.0953 e. The fraction of sp³-hybridized carbons (Fsp3) is 0.647. The van der Waals surface area contributed by atoms with Gasteiger partial charge >= 0.3 is 0 Å². The van der Waals surface area contributed by atoms with Crippen LogP contribution < -0.4 is 0 Å². The van der Waals surface area contributed by atoms with Crippen LogP contribution in [0.15, 0.2) is 36.0 Å². The summed E-state index contributed by atoms with van der Waals surface area (Å²) in [6.45, 7) is 19.9. The molecule has 0 spiro atoms. The average Bonchev–Trinajstić information content (AvgIpc) is 2.28. The number of hydrogen-bond donors (Lipinski definition) is 0. The normalized spacial score (nSPS) is 14.4. The van der Waals surface area contributed by atoms with Crippen molar-refractivity contribution < 1.29 is 0 Å². The Bertz CT molecular complexity index is 311. The van der Waals surface area contributed by atoms with E-state index in [9.17, 15) is 0 Å². The van der Waals surface area contributed by atoms with Gasteiger partial charge in [-0.1, -0.05) is 66.3 Å². The van der Waals surface area contributed by atoms with Gasteiger partial charge in [-0.15, -0.1) is 0 Å². The van der Waals surface area contributed by atoms with E-state index in [1.165, 1.54) is 11.1 Å². The van der Waals surface area contributed by atoms with Gasteiger partial charge in [-0.05, 0) is 41.7 Å². The van der Waals surface area contributed by atoms with Gasteiger partial charge in [0.15, 0.2) is 0 Å². The van der Waals surface area contributed by atoms with Crippen molar-refractivity contribution >= 4 is 0 Å². The van der Waals surface area contributed by atoms with Gasteiger partial charge in [0.25, 0.3) is 0 Å². The second-order valence-corrected chi connectivity index (χ2v) is 6.10. The molecule has 0 aromatic heterocycles. The molecule has 0 aliphatic carbocycles. The molecule has 0 bridgehead atoms. The van der Waals surface area contributed by atoms with E-state index in [1.807, 2.05) is 0 Å². The molecule has 0 heteroatoms. The summed E-state index contributed by atoms with van der Waals surface area (Å²) in [6.07, 6.45) is 8.89. The maximum atomic E-state index is 4.26. The highest BCUT2D eigenvalue weighted by Gasteiger charge is 2.22. The van der Waals surface area contributed by atoms with Gasteiger partial charge in [0.2, 0.25) is 0 Å². The van der Waals surface area contributed by atoms with Crippen LogP contribution in [-0.2, 0) is 0 Å². The Labute approximate surface area is 109 Å². The molecule has 17 heavy (non-hydrogen) atoms. The molecule has 0 atom stereocenters. The molecule has 0 aromatic rings. The Kier molecular flexibility index (Phi) is 5.95. The Morgan fingerprint density at radius 1 is 1.00 bits per heavy atom. The molecule has 0 saturated carbocycles. The molecule has 0 nitrogen and oxygen atoms in total. The number of hydrogen-bond acceptors (Lipinski definition) is 0. The summed E-state index contributed by atoms with van der Waals surface area (Å²) in [5.41, 5.74) is 3.03. The zero-order chi connectivity index (χ0) is 13.7. The van der Waals surface area contributed by atoms with E-state index >= 15 is 0 Å². The molecule has 0 rings (SSSR count).